The molecule has 1 amide bonds. The van der Waals surface area contributed by atoms with Crippen LogP contribution in [0.25, 0.3) is 11.0 Å². The summed E-state index contributed by atoms with van der Waals surface area (Å²) in [6.45, 7) is 2.53. The highest BCUT2D eigenvalue weighted by Crippen LogP contribution is 2.40. The molecule has 4 rings (SSSR count). The zero-order valence-electron chi connectivity index (χ0n) is 16.3. The number of para-hydroxylation sites is 2. The predicted molar refractivity (Wildman–Crippen MR) is 106 cm³/mol. The molecule has 1 aliphatic rings. The summed E-state index contributed by atoms with van der Waals surface area (Å²) in [5, 5.41) is 0. The van der Waals surface area contributed by atoms with Crippen LogP contribution in [-0.2, 0) is 19.1 Å². The van der Waals surface area contributed by atoms with Crippen LogP contribution < -0.4 is 4.90 Å². The minimum absolute atomic E-state index is 0.192. The van der Waals surface area contributed by atoms with Gasteiger partial charge in [-0.3, -0.25) is 19.5 Å². The lowest BCUT2D eigenvalue weighted by Crippen LogP contribution is -2.51. The summed E-state index contributed by atoms with van der Waals surface area (Å²) < 4.78 is 12.4. The maximum atomic E-state index is 13.5. The highest BCUT2D eigenvalue weighted by Gasteiger charge is 2.47. The minimum atomic E-state index is -1.04. The Balaban J connectivity index is 1.97. The zero-order chi connectivity index (χ0) is 20.4. The van der Waals surface area contributed by atoms with Crippen LogP contribution in [0.2, 0.25) is 0 Å². The van der Waals surface area contributed by atoms with Gasteiger partial charge in [0.1, 0.15) is 0 Å². The van der Waals surface area contributed by atoms with Crippen LogP contribution in [0, 0.1) is 5.92 Å². The Labute approximate surface area is 168 Å². The number of amides is 1. The number of carbonyl (C=O) groups is 2. The molecule has 3 heterocycles. The Hall–Kier alpha value is -3.26. The van der Waals surface area contributed by atoms with E-state index >= 15 is 0 Å². The third-order valence-electron chi connectivity index (χ3n) is 5.03. The first-order valence-corrected chi connectivity index (χ1v) is 9.51. The van der Waals surface area contributed by atoms with Gasteiger partial charge in [0.25, 0.3) is 0 Å². The van der Waals surface area contributed by atoms with Gasteiger partial charge >= 0.3 is 5.97 Å². The van der Waals surface area contributed by atoms with Gasteiger partial charge in [-0.05, 0) is 30.7 Å². The second-order valence-corrected chi connectivity index (χ2v) is 6.71. The van der Waals surface area contributed by atoms with E-state index in [1.807, 2.05) is 34.9 Å². The molecule has 0 saturated heterocycles. The number of esters is 1. The average molecular weight is 394 g/mol. The number of fused-ring (bicyclic) bond motifs is 3. The number of aromatic nitrogens is 3. The van der Waals surface area contributed by atoms with Gasteiger partial charge in [-0.15, -0.1) is 0 Å². The first-order chi connectivity index (χ1) is 14.2. The van der Waals surface area contributed by atoms with Crippen molar-refractivity contribution < 1.29 is 19.1 Å². The second kappa shape index (κ2) is 8.00. The first-order valence-electron chi connectivity index (χ1n) is 9.51. The Bertz CT molecular complexity index is 1030. The van der Waals surface area contributed by atoms with E-state index in [-0.39, 0.29) is 19.1 Å². The fraction of sp³-hybridized carbons (Fsp3) is 0.333. The Morgan fingerprint density at radius 3 is 2.76 bits per heavy atom. The lowest BCUT2D eigenvalue weighted by atomic mass is 9.90. The van der Waals surface area contributed by atoms with Crippen LogP contribution in [0.1, 0.15) is 18.5 Å². The third-order valence-corrected chi connectivity index (χ3v) is 5.03. The van der Waals surface area contributed by atoms with Crippen molar-refractivity contribution in [2.75, 3.05) is 31.8 Å². The zero-order valence-corrected chi connectivity index (χ0v) is 16.3. The van der Waals surface area contributed by atoms with Gasteiger partial charge in [0.2, 0.25) is 11.9 Å². The van der Waals surface area contributed by atoms with Crippen molar-refractivity contribution in [2.45, 2.75) is 13.0 Å². The monoisotopic (exact) mass is 394 g/mol. The summed E-state index contributed by atoms with van der Waals surface area (Å²) in [6, 6.07) is 10.7. The highest BCUT2D eigenvalue weighted by molar-refractivity contribution is 6.08. The van der Waals surface area contributed by atoms with E-state index in [2.05, 4.69) is 4.98 Å². The van der Waals surface area contributed by atoms with Crippen molar-refractivity contribution in [3.8, 4) is 0 Å². The Kier molecular flexibility index (Phi) is 5.26. The van der Waals surface area contributed by atoms with E-state index in [4.69, 9.17) is 14.5 Å². The number of nitrogens with zero attached hydrogens (tertiary/aromatic N) is 4. The van der Waals surface area contributed by atoms with Crippen LogP contribution in [0.15, 0.2) is 48.8 Å². The number of imidazole rings is 1. The number of hydrogen-bond donors (Lipinski definition) is 0. The van der Waals surface area contributed by atoms with Crippen LogP contribution in [0.3, 0.4) is 0 Å². The van der Waals surface area contributed by atoms with Crippen molar-refractivity contribution >= 4 is 28.9 Å². The van der Waals surface area contributed by atoms with E-state index in [9.17, 15) is 9.59 Å². The van der Waals surface area contributed by atoms with Crippen LogP contribution in [-0.4, -0.2) is 53.3 Å². The number of methoxy groups -OCH3 is 1. The minimum Gasteiger partial charge on any atom is -0.465 e. The van der Waals surface area contributed by atoms with E-state index in [1.165, 1.54) is 4.90 Å². The fourth-order valence-electron chi connectivity index (χ4n) is 3.79. The van der Waals surface area contributed by atoms with Crippen LogP contribution in [0.4, 0.5) is 5.95 Å². The molecule has 8 heteroatoms. The highest BCUT2D eigenvalue weighted by atomic mass is 16.5. The largest absolute Gasteiger partial charge is 0.465 e. The van der Waals surface area contributed by atoms with Gasteiger partial charge in [-0.1, -0.05) is 18.2 Å². The van der Waals surface area contributed by atoms with E-state index < -0.39 is 17.9 Å². The molecule has 3 aromatic rings. The normalized spacial score (nSPS) is 18.7. The summed E-state index contributed by atoms with van der Waals surface area (Å²) in [5.41, 5.74) is 2.33. The van der Waals surface area contributed by atoms with Gasteiger partial charge in [0, 0.05) is 19.5 Å². The van der Waals surface area contributed by atoms with Gasteiger partial charge in [0.15, 0.2) is 5.92 Å². The van der Waals surface area contributed by atoms with Crippen molar-refractivity contribution in [1.29, 1.82) is 0 Å². The van der Waals surface area contributed by atoms with Gasteiger partial charge in [-0.25, -0.2) is 4.98 Å². The molecule has 8 nitrogen and oxygen atoms in total. The molecule has 0 fully saturated rings. The number of anilines is 1. The predicted octanol–water partition coefficient (Wildman–Crippen LogP) is 2.19. The van der Waals surface area contributed by atoms with Crippen molar-refractivity contribution in [2.24, 2.45) is 5.92 Å². The maximum Gasteiger partial charge on any atom is 0.321 e. The molecule has 29 heavy (non-hydrogen) atoms. The molecule has 0 unspecified atom stereocenters. The smallest absolute Gasteiger partial charge is 0.321 e. The summed E-state index contributed by atoms with van der Waals surface area (Å²) in [7, 11) is 1.57. The number of ether oxygens (including phenoxy) is 2. The Morgan fingerprint density at radius 1 is 1.21 bits per heavy atom. The molecule has 0 saturated carbocycles. The summed E-state index contributed by atoms with van der Waals surface area (Å²) in [6.07, 6.45) is 3.33. The van der Waals surface area contributed by atoms with Crippen LogP contribution in [0.5, 0.6) is 0 Å². The number of pyridine rings is 1. The van der Waals surface area contributed by atoms with Crippen molar-refractivity contribution in [3.05, 3.63) is 54.4 Å². The van der Waals surface area contributed by atoms with E-state index in [1.54, 1.807) is 32.5 Å². The second-order valence-electron chi connectivity index (χ2n) is 6.71. The molecule has 1 aromatic carbocycles. The fourth-order valence-corrected chi connectivity index (χ4v) is 3.79. The molecule has 0 aliphatic carbocycles. The van der Waals surface area contributed by atoms with Crippen LogP contribution >= 0.6 is 0 Å². The average Bonchev–Trinajstić information content (AvgIpc) is 3.12. The summed E-state index contributed by atoms with van der Waals surface area (Å²) in [5.74, 6) is -1.46. The molecule has 2 aromatic heterocycles. The van der Waals surface area contributed by atoms with Gasteiger partial charge in [-0.2, -0.15) is 0 Å². The topological polar surface area (TPSA) is 86.5 Å². The molecule has 0 N–H and O–H groups in total. The molecule has 0 bridgehead atoms. The van der Waals surface area contributed by atoms with Gasteiger partial charge < -0.3 is 14.0 Å². The molecular weight excluding hydrogens is 372 g/mol. The summed E-state index contributed by atoms with van der Waals surface area (Å²) in [4.78, 5) is 36.8. The molecule has 1 aliphatic heterocycles. The third kappa shape index (κ3) is 3.25. The summed E-state index contributed by atoms with van der Waals surface area (Å²) >= 11 is 0. The molecule has 0 spiro atoms. The van der Waals surface area contributed by atoms with Gasteiger partial charge in [0.05, 0.1) is 36.8 Å². The lowest BCUT2D eigenvalue weighted by molar-refractivity contribution is -0.153. The Morgan fingerprint density at radius 2 is 2.03 bits per heavy atom. The molecule has 150 valence electrons. The number of carbonyl (C=O) groups excluding carboxylic acids is 2. The van der Waals surface area contributed by atoms with Crippen molar-refractivity contribution in [1.82, 2.24) is 14.5 Å². The maximum absolute atomic E-state index is 13.5. The number of benzene rings is 1. The molecular formula is C21H22N4O4. The van der Waals surface area contributed by atoms with Crippen molar-refractivity contribution in [3.63, 3.8) is 0 Å². The van der Waals surface area contributed by atoms with E-state index in [0.717, 1.165) is 16.6 Å². The molecule has 2 atom stereocenters. The lowest BCUT2D eigenvalue weighted by Gasteiger charge is -2.37. The SMILES string of the molecule is CCOC(=O)[C@@H]1C(=O)N(CCOC)c2nc3ccccc3n2[C@H]1c1cccnc1. The number of rotatable bonds is 6. The molecule has 0 radical (unpaired) electrons. The van der Waals surface area contributed by atoms with E-state index in [0.29, 0.717) is 12.6 Å². The standard InChI is InChI=1S/C21H22N4O4/c1-3-29-20(27)17-18(14-7-6-10-22-13-14)25-16-9-5-4-8-15(16)23-21(25)24(19(17)26)11-12-28-2/h4-10,13,17-18H,3,11-12H2,1-2H3/t17-,18-/m0/s1. The first kappa shape index (κ1) is 19.1. The quantitative estimate of drug-likeness (QED) is 0.471. The number of hydrogen-bond acceptors (Lipinski definition) is 6.